The van der Waals surface area contributed by atoms with Crippen LogP contribution in [0.1, 0.15) is 21.1 Å². The Hall–Kier alpha value is -2.86. The molecule has 1 N–H and O–H groups in total. The SMILES string of the molecule is Cc1nc(-c2ccccc2)c(C(=O)Nc2ccc3c(c2)OCCCO3)s1. The van der Waals surface area contributed by atoms with Gasteiger partial charge in [-0.2, -0.15) is 0 Å². The molecular weight excluding hydrogens is 348 g/mol. The van der Waals surface area contributed by atoms with Crippen molar-refractivity contribution in [3.63, 3.8) is 0 Å². The van der Waals surface area contributed by atoms with Crippen molar-refractivity contribution in [2.24, 2.45) is 0 Å². The van der Waals surface area contributed by atoms with Crippen LogP contribution in [0.2, 0.25) is 0 Å². The van der Waals surface area contributed by atoms with Gasteiger partial charge in [-0.05, 0) is 19.1 Å². The van der Waals surface area contributed by atoms with Gasteiger partial charge in [0.1, 0.15) is 4.88 Å². The second-order valence-electron chi connectivity index (χ2n) is 5.94. The third-order valence-corrected chi connectivity index (χ3v) is 4.96. The summed E-state index contributed by atoms with van der Waals surface area (Å²) in [5.41, 5.74) is 2.31. The topological polar surface area (TPSA) is 60.5 Å². The van der Waals surface area contributed by atoms with Crippen molar-refractivity contribution in [1.29, 1.82) is 0 Å². The van der Waals surface area contributed by atoms with Crippen LogP contribution < -0.4 is 14.8 Å². The third kappa shape index (κ3) is 3.41. The molecule has 4 rings (SSSR count). The number of aryl methyl sites for hydroxylation is 1. The highest BCUT2D eigenvalue weighted by molar-refractivity contribution is 7.14. The average Bonchev–Trinajstić information content (AvgIpc) is 2.90. The highest BCUT2D eigenvalue weighted by Crippen LogP contribution is 2.33. The summed E-state index contributed by atoms with van der Waals surface area (Å²) in [6.45, 7) is 3.15. The van der Waals surface area contributed by atoms with Crippen molar-refractivity contribution in [3.8, 4) is 22.8 Å². The Kier molecular flexibility index (Phi) is 4.58. The zero-order valence-electron chi connectivity index (χ0n) is 14.3. The van der Waals surface area contributed by atoms with Crippen LogP contribution in [0.15, 0.2) is 48.5 Å². The molecule has 132 valence electrons. The minimum Gasteiger partial charge on any atom is -0.490 e. The molecule has 26 heavy (non-hydrogen) atoms. The highest BCUT2D eigenvalue weighted by atomic mass is 32.1. The van der Waals surface area contributed by atoms with E-state index in [1.54, 1.807) is 6.07 Å². The largest absolute Gasteiger partial charge is 0.490 e. The number of nitrogens with zero attached hydrogens (tertiary/aromatic N) is 1. The van der Waals surface area contributed by atoms with Crippen molar-refractivity contribution in [2.45, 2.75) is 13.3 Å². The fourth-order valence-electron chi connectivity index (χ4n) is 2.80. The van der Waals surface area contributed by atoms with E-state index >= 15 is 0 Å². The van der Waals surface area contributed by atoms with Crippen LogP contribution >= 0.6 is 11.3 Å². The molecule has 0 spiro atoms. The monoisotopic (exact) mass is 366 g/mol. The van der Waals surface area contributed by atoms with Crippen LogP contribution in [0.25, 0.3) is 11.3 Å². The average molecular weight is 366 g/mol. The number of amides is 1. The summed E-state index contributed by atoms with van der Waals surface area (Å²) in [7, 11) is 0. The molecule has 1 aromatic heterocycles. The fraction of sp³-hybridized carbons (Fsp3) is 0.200. The quantitative estimate of drug-likeness (QED) is 0.740. The molecule has 0 bridgehead atoms. The van der Waals surface area contributed by atoms with Gasteiger partial charge in [-0.15, -0.1) is 11.3 Å². The maximum absolute atomic E-state index is 12.8. The second kappa shape index (κ2) is 7.17. The number of ether oxygens (including phenoxy) is 2. The molecule has 5 nitrogen and oxygen atoms in total. The zero-order chi connectivity index (χ0) is 17.9. The molecule has 0 unspecified atom stereocenters. The Balaban J connectivity index is 1.61. The number of carbonyl (C=O) groups excluding carboxylic acids is 1. The standard InChI is InChI=1S/C20H18N2O3S/c1-13-21-18(14-6-3-2-4-7-14)19(26-13)20(23)22-15-8-9-16-17(12-15)25-11-5-10-24-16/h2-4,6-9,12H,5,10-11H2,1H3,(H,22,23). The molecule has 0 radical (unpaired) electrons. The fourth-order valence-corrected chi connectivity index (χ4v) is 3.64. The van der Waals surface area contributed by atoms with Gasteiger partial charge in [0.25, 0.3) is 5.91 Å². The zero-order valence-corrected chi connectivity index (χ0v) is 15.1. The van der Waals surface area contributed by atoms with E-state index in [-0.39, 0.29) is 5.91 Å². The lowest BCUT2D eigenvalue weighted by Gasteiger charge is -2.10. The third-order valence-electron chi connectivity index (χ3n) is 3.99. The molecule has 1 aliphatic rings. The van der Waals surface area contributed by atoms with Crippen LogP contribution in [0.3, 0.4) is 0 Å². The first-order valence-corrected chi connectivity index (χ1v) is 9.26. The highest BCUT2D eigenvalue weighted by Gasteiger charge is 2.19. The lowest BCUT2D eigenvalue weighted by molar-refractivity contribution is 0.103. The first-order chi connectivity index (χ1) is 12.7. The van der Waals surface area contributed by atoms with Crippen LogP contribution in [0.5, 0.6) is 11.5 Å². The van der Waals surface area contributed by atoms with Gasteiger partial charge in [0.15, 0.2) is 11.5 Å². The lowest BCUT2D eigenvalue weighted by Crippen LogP contribution is -2.11. The minimum absolute atomic E-state index is 0.177. The Morgan fingerprint density at radius 3 is 2.65 bits per heavy atom. The van der Waals surface area contributed by atoms with Crippen molar-refractivity contribution in [3.05, 3.63) is 58.4 Å². The maximum atomic E-state index is 12.8. The molecular formula is C20H18N2O3S. The summed E-state index contributed by atoms with van der Waals surface area (Å²) in [5.74, 6) is 1.19. The summed E-state index contributed by atoms with van der Waals surface area (Å²) < 4.78 is 11.3. The van der Waals surface area contributed by atoms with Crippen molar-refractivity contribution in [2.75, 3.05) is 18.5 Å². The van der Waals surface area contributed by atoms with Crippen LogP contribution in [-0.4, -0.2) is 24.1 Å². The molecule has 0 aliphatic carbocycles. The molecule has 2 aromatic carbocycles. The van der Waals surface area contributed by atoms with E-state index in [4.69, 9.17) is 9.47 Å². The van der Waals surface area contributed by atoms with E-state index in [9.17, 15) is 4.79 Å². The summed E-state index contributed by atoms with van der Waals surface area (Å²) in [6.07, 6.45) is 0.844. The molecule has 1 aliphatic heterocycles. The molecule has 0 saturated heterocycles. The Labute approximate surface area is 155 Å². The second-order valence-corrected chi connectivity index (χ2v) is 7.15. The Morgan fingerprint density at radius 1 is 1.08 bits per heavy atom. The lowest BCUT2D eigenvalue weighted by atomic mass is 10.1. The number of rotatable bonds is 3. The normalized spacial score (nSPS) is 13.1. The molecule has 3 aromatic rings. The van der Waals surface area contributed by atoms with E-state index < -0.39 is 0 Å². The number of thiazole rings is 1. The van der Waals surface area contributed by atoms with Crippen molar-refractivity contribution in [1.82, 2.24) is 4.98 Å². The number of fused-ring (bicyclic) bond motifs is 1. The molecule has 0 saturated carbocycles. The number of anilines is 1. The number of carbonyl (C=O) groups is 1. The van der Waals surface area contributed by atoms with Gasteiger partial charge in [0, 0.05) is 23.7 Å². The smallest absolute Gasteiger partial charge is 0.268 e. The van der Waals surface area contributed by atoms with E-state index in [1.165, 1.54) is 11.3 Å². The Bertz CT molecular complexity index is 937. The number of hydrogen-bond donors (Lipinski definition) is 1. The Morgan fingerprint density at radius 2 is 1.85 bits per heavy atom. The predicted octanol–water partition coefficient (Wildman–Crippen LogP) is 4.53. The van der Waals surface area contributed by atoms with Gasteiger partial charge < -0.3 is 14.8 Å². The van der Waals surface area contributed by atoms with Gasteiger partial charge in [0.2, 0.25) is 0 Å². The number of nitrogens with one attached hydrogen (secondary N) is 1. The summed E-state index contributed by atoms with van der Waals surface area (Å²) in [6, 6.07) is 15.2. The van der Waals surface area contributed by atoms with Gasteiger partial charge in [0.05, 0.1) is 23.9 Å². The predicted molar refractivity (Wildman–Crippen MR) is 102 cm³/mol. The molecule has 1 amide bonds. The van der Waals surface area contributed by atoms with Gasteiger partial charge in [-0.25, -0.2) is 4.98 Å². The first-order valence-electron chi connectivity index (χ1n) is 8.44. The molecule has 0 fully saturated rings. The molecule has 2 heterocycles. The van der Waals surface area contributed by atoms with Crippen molar-refractivity contribution < 1.29 is 14.3 Å². The van der Waals surface area contributed by atoms with E-state index in [1.807, 2.05) is 49.4 Å². The maximum Gasteiger partial charge on any atom is 0.268 e. The van der Waals surface area contributed by atoms with E-state index in [0.717, 1.165) is 17.0 Å². The minimum atomic E-state index is -0.177. The van der Waals surface area contributed by atoms with Crippen molar-refractivity contribution >= 4 is 22.9 Å². The van der Waals surface area contributed by atoms with E-state index in [2.05, 4.69) is 10.3 Å². The summed E-state index contributed by atoms with van der Waals surface area (Å²) in [4.78, 5) is 18.0. The van der Waals surface area contributed by atoms with Gasteiger partial charge >= 0.3 is 0 Å². The summed E-state index contributed by atoms with van der Waals surface area (Å²) in [5, 5.41) is 3.80. The summed E-state index contributed by atoms with van der Waals surface area (Å²) >= 11 is 1.39. The molecule has 6 heteroatoms. The number of benzene rings is 2. The van der Waals surface area contributed by atoms with Crippen LogP contribution in [-0.2, 0) is 0 Å². The number of aromatic nitrogens is 1. The van der Waals surface area contributed by atoms with E-state index in [0.29, 0.717) is 41.0 Å². The van der Waals surface area contributed by atoms with Crippen LogP contribution in [0.4, 0.5) is 5.69 Å². The number of hydrogen-bond acceptors (Lipinski definition) is 5. The first kappa shape index (κ1) is 16.6. The van der Waals surface area contributed by atoms with Crippen LogP contribution in [0, 0.1) is 6.92 Å². The molecule has 0 atom stereocenters. The van der Waals surface area contributed by atoms with Gasteiger partial charge in [-0.3, -0.25) is 4.79 Å². The van der Waals surface area contributed by atoms with Gasteiger partial charge in [-0.1, -0.05) is 30.3 Å².